The van der Waals surface area contributed by atoms with E-state index in [0.29, 0.717) is 36.3 Å². The summed E-state index contributed by atoms with van der Waals surface area (Å²) in [7, 11) is 1.55. The molecule has 1 aliphatic heterocycles. The van der Waals surface area contributed by atoms with Crippen LogP contribution in [0.25, 0.3) is 17.6 Å². The predicted octanol–water partition coefficient (Wildman–Crippen LogP) is 4.42. The lowest BCUT2D eigenvalue weighted by Gasteiger charge is -2.31. The summed E-state index contributed by atoms with van der Waals surface area (Å²) in [4.78, 5) is 8.56. The third-order valence-electron chi connectivity index (χ3n) is 5.97. The van der Waals surface area contributed by atoms with Crippen molar-refractivity contribution >= 4 is 11.9 Å². The summed E-state index contributed by atoms with van der Waals surface area (Å²) < 4.78 is 37.4. The summed E-state index contributed by atoms with van der Waals surface area (Å²) in [6.07, 6.45) is 5.89. The molecule has 1 atom stereocenters. The molecule has 1 N–H and O–H groups in total. The Morgan fingerprint density at radius 3 is 2.71 bits per heavy atom. The lowest BCUT2D eigenvalue weighted by atomic mass is 9.86. The summed E-state index contributed by atoms with van der Waals surface area (Å²) >= 11 is 0. The van der Waals surface area contributed by atoms with Crippen LogP contribution >= 0.6 is 0 Å². The zero-order chi connectivity index (χ0) is 23.9. The minimum absolute atomic E-state index is 0.120. The first kappa shape index (κ1) is 22.0. The second-order valence-electron chi connectivity index (χ2n) is 8.30. The molecule has 3 heterocycles. The maximum atomic E-state index is 15.2. The van der Waals surface area contributed by atoms with E-state index in [0.717, 1.165) is 11.4 Å². The van der Waals surface area contributed by atoms with Crippen molar-refractivity contribution in [2.24, 2.45) is 0 Å². The van der Waals surface area contributed by atoms with Gasteiger partial charge in [-0.1, -0.05) is 18.2 Å². The topological polar surface area (TPSA) is 78.0 Å². The molecular weight excluding hydrogens is 440 g/mol. The molecule has 5 rings (SSSR count). The molecule has 0 radical (unpaired) electrons. The zero-order valence-electron chi connectivity index (χ0n) is 18.7. The van der Waals surface area contributed by atoms with Crippen molar-refractivity contribution < 1.29 is 18.6 Å². The second kappa shape index (κ2) is 8.49. The molecule has 174 valence electrons. The lowest BCUT2D eigenvalue weighted by molar-refractivity contribution is 0.0394. The number of nitrogens with zero attached hydrogens (tertiary/aromatic N) is 5. The van der Waals surface area contributed by atoms with Crippen LogP contribution in [0.3, 0.4) is 0 Å². The molecule has 4 aromatic rings. The molecule has 0 bridgehead atoms. The number of imidazole rings is 1. The van der Waals surface area contributed by atoms with Crippen molar-refractivity contribution in [3.05, 3.63) is 89.3 Å². The monoisotopic (exact) mass is 463 g/mol. The van der Waals surface area contributed by atoms with Crippen LogP contribution in [0, 0.1) is 12.7 Å². The van der Waals surface area contributed by atoms with E-state index >= 15 is 4.39 Å². The van der Waals surface area contributed by atoms with Gasteiger partial charge in [0.1, 0.15) is 17.2 Å². The normalized spacial score (nSPS) is 18.1. The molecule has 34 heavy (non-hydrogen) atoms. The molecule has 7 nitrogen and oxygen atoms in total. The lowest BCUT2D eigenvalue weighted by Crippen LogP contribution is -2.35. The number of fused-ring (bicyclic) bond motifs is 1. The van der Waals surface area contributed by atoms with Gasteiger partial charge in [-0.25, -0.2) is 23.4 Å². The van der Waals surface area contributed by atoms with Gasteiger partial charge in [0.15, 0.2) is 11.7 Å². The van der Waals surface area contributed by atoms with Gasteiger partial charge in [0, 0.05) is 12.7 Å². The Bertz CT molecular complexity index is 1380. The Hall–Kier alpha value is -3.85. The SMILES string of the molecule is COc1cc(C=C(F)c2nc3n(n2)CCC[C@]3(O)c2ccc(F)cc2)ccc1-n1cnc(C)c1. The number of rotatable bonds is 5. The van der Waals surface area contributed by atoms with E-state index in [2.05, 4.69) is 15.1 Å². The average molecular weight is 463 g/mol. The Morgan fingerprint density at radius 1 is 1.21 bits per heavy atom. The summed E-state index contributed by atoms with van der Waals surface area (Å²) in [5.41, 5.74) is 1.24. The minimum atomic E-state index is -1.47. The van der Waals surface area contributed by atoms with Crippen molar-refractivity contribution in [2.75, 3.05) is 7.11 Å². The summed E-state index contributed by atoms with van der Waals surface area (Å²) in [5.74, 6) is -0.361. The summed E-state index contributed by atoms with van der Waals surface area (Å²) in [6, 6.07) is 10.9. The van der Waals surface area contributed by atoms with E-state index in [1.807, 2.05) is 23.8 Å². The molecule has 0 spiro atoms. The molecule has 1 aliphatic rings. The summed E-state index contributed by atoms with van der Waals surface area (Å²) in [5, 5.41) is 15.6. The zero-order valence-corrected chi connectivity index (χ0v) is 18.7. The van der Waals surface area contributed by atoms with Gasteiger partial charge in [-0.2, -0.15) is 0 Å². The van der Waals surface area contributed by atoms with Gasteiger partial charge in [-0.15, -0.1) is 5.10 Å². The molecule has 0 fully saturated rings. The first-order valence-corrected chi connectivity index (χ1v) is 10.9. The van der Waals surface area contributed by atoms with E-state index in [-0.39, 0.29) is 11.6 Å². The highest BCUT2D eigenvalue weighted by Gasteiger charge is 2.40. The van der Waals surface area contributed by atoms with Crippen LogP contribution in [0.2, 0.25) is 0 Å². The molecule has 0 saturated heterocycles. The fraction of sp³-hybridized carbons (Fsp3) is 0.240. The van der Waals surface area contributed by atoms with Crippen LogP contribution in [0.15, 0.2) is 55.0 Å². The number of halogens is 2. The van der Waals surface area contributed by atoms with E-state index in [9.17, 15) is 9.50 Å². The molecule has 2 aromatic heterocycles. The molecule has 9 heteroatoms. The molecule has 0 saturated carbocycles. The molecule has 0 unspecified atom stereocenters. The fourth-order valence-corrected chi connectivity index (χ4v) is 4.26. The molecular formula is C25H23F2N5O2. The van der Waals surface area contributed by atoms with Crippen LogP contribution in [-0.4, -0.2) is 36.5 Å². The largest absolute Gasteiger partial charge is 0.495 e. The quantitative estimate of drug-likeness (QED) is 0.474. The Morgan fingerprint density at radius 2 is 2.00 bits per heavy atom. The minimum Gasteiger partial charge on any atom is -0.495 e. The first-order chi connectivity index (χ1) is 16.4. The number of ether oxygens (including phenoxy) is 1. The number of benzene rings is 2. The van der Waals surface area contributed by atoms with Crippen LogP contribution in [0.5, 0.6) is 5.75 Å². The van der Waals surface area contributed by atoms with Crippen molar-refractivity contribution in [1.29, 1.82) is 0 Å². The molecule has 2 aromatic carbocycles. The highest BCUT2D eigenvalue weighted by Crippen LogP contribution is 2.37. The first-order valence-electron chi connectivity index (χ1n) is 10.9. The van der Waals surface area contributed by atoms with Gasteiger partial charge in [-0.05, 0) is 61.2 Å². The predicted molar refractivity (Wildman–Crippen MR) is 122 cm³/mol. The van der Waals surface area contributed by atoms with Crippen molar-refractivity contribution in [3.63, 3.8) is 0 Å². The van der Waals surface area contributed by atoms with Gasteiger partial charge in [0.2, 0.25) is 5.82 Å². The van der Waals surface area contributed by atoms with Crippen molar-refractivity contribution in [1.82, 2.24) is 24.3 Å². The summed E-state index contributed by atoms with van der Waals surface area (Å²) in [6.45, 7) is 2.40. The highest BCUT2D eigenvalue weighted by atomic mass is 19.1. The van der Waals surface area contributed by atoms with Gasteiger partial charge in [0.05, 0.1) is 24.8 Å². The van der Waals surface area contributed by atoms with E-state index in [4.69, 9.17) is 4.74 Å². The maximum absolute atomic E-state index is 15.2. The van der Waals surface area contributed by atoms with E-state index in [1.165, 1.54) is 35.0 Å². The van der Waals surface area contributed by atoms with Gasteiger partial charge < -0.3 is 14.4 Å². The average Bonchev–Trinajstić information content (AvgIpc) is 3.47. The van der Waals surface area contributed by atoms with Gasteiger partial charge in [0.25, 0.3) is 0 Å². The number of hydrogen-bond donors (Lipinski definition) is 1. The Labute approximate surface area is 195 Å². The molecule has 0 amide bonds. The van der Waals surface area contributed by atoms with Crippen molar-refractivity contribution in [2.45, 2.75) is 31.9 Å². The number of aromatic nitrogens is 5. The standard InChI is InChI=1S/C25H23F2N5O2/c1-16-14-31(15-28-16)21-9-4-17(13-22(21)34-2)12-20(27)23-29-24-25(33,10-3-11-32(24)30-23)18-5-7-19(26)8-6-18/h4-9,12-15,33H,3,10-11H2,1-2H3/t25-/m0/s1. The fourth-order valence-electron chi connectivity index (χ4n) is 4.26. The third kappa shape index (κ3) is 3.88. The van der Waals surface area contributed by atoms with Crippen molar-refractivity contribution in [3.8, 4) is 11.4 Å². The van der Waals surface area contributed by atoms with Crippen LogP contribution in [0.1, 0.15) is 41.3 Å². The third-order valence-corrected chi connectivity index (χ3v) is 5.97. The number of hydrogen-bond acceptors (Lipinski definition) is 5. The number of methoxy groups -OCH3 is 1. The van der Waals surface area contributed by atoms with Gasteiger partial charge in [-0.3, -0.25) is 0 Å². The second-order valence-corrected chi connectivity index (χ2v) is 8.30. The smallest absolute Gasteiger partial charge is 0.210 e. The highest BCUT2D eigenvalue weighted by molar-refractivity contribution is 5.75. The Balaban J connectivity index is 1.48. The van der Waals surface area contributed by atoms with E-state index in [1.54, 1.807) is 25.6 Å². The van der Waals surface area contributed by atoms with Crippen LogP contribution < -0.4 is 4.74 Å². The van der Waals surface area contributed by atoms with Gasteiger partial charge >= 0.3 is 0 Å². The van der Waals surface area contributed by atoms with E-state index < -0.39 is 17.2 Å². The molecule has 0 aliphatic carbocycles. The van der Waals surface area contributed by atoms with Crippen LogP contribution in [-0.2, 0) is 12.1 Å². The maximum Gasteiger partial charge on any atom is 0.210 e. The number of aliphatic hydroxyl groups is 1. The Kier molecular flexibility index (Phi) is 5.49. The number of aryl methyl sites for hydroxylation is 2. The van der Waals surface area contributed by atoms with Crippen LogP contribution in [0.4, 0.5) is 8.78 Å².